The first-order chi connectivity index (χ1) is 16.4. The predicted molar refractivity (Wildman–Crippen MR) is 144 cm³/mol. The molecule has 4 aromatic carbocycles. The molecular weight excluding hydrogens is 458 g/mol. The molecule has 34 heavy (non-hydrogen) atoms. The van der Waals surface area contributed by atoms with Crippen LogP contribution in [0.2, 0.25) is 5.02 Å². The zero-order chi connectivity index (χ0) is 23.7. The number of halogens is 1. The first-order valence-electron chi connectivity index (χ1n) is 11.3. The second-order valence-corrected chi connectivity index (χ2v) is 10.8. The zero-order valence-electron chi connectivity index (χ0n) is 19.5. The average molecular weight is 484 g/mol. The Morgan fingerprint density at radius 1 is 0.794 bits per heavy atom. The summed E-state index contributed by atoms with van der Waals surface area (Å²) in [7, 11) is 0. The first kappa shape index (κ1) is 22.7. The predicted octanol–water partition coefficient (Wildman–Crippen LogP) is 8.33. The van der Waals surface area contributed by atoms with Crippen LogP contribution in [0.5, 0.6) is 0 Å². The highest BCUT2D eigenvalue weighted by Crippen LogP contribution is 2.33. The van der Waals surface area contributed by atoms with E-state index in [0.29, 0.717) is 5.02 Å². The summed E-state index contributed by atoms with van der Waals surface area (Å²) >= 11 is 7.87. The number of nitrogens with zero attached hydrogens (tertiary/aromatic N) is 3. The van der Waals surface area contributed by atoms with Crippen LogP contribution >= 0.6 is 23.4 Å². The van der Waals surface area contributed by atoms with Gasteiger partial charge in [-0.2, -0.15) is 0 Å². The van der Waals surface area contributed by atoms with Crippen LogP contribution in [0.15, 0.2) is 96.2 Å². The van der Waals surface area contributed by atoms with Crippen molar-refractivity contribution in [3.63, 3.8) is 0 Å². The van der Waals surface area contributed by atoms with Crippen LogP contribution in [-0.2, 0) is 11.2 Å². The van der Waals surface area contributed by atoms with Gasteiger partial charge in [0.1, 0.15) is 0 Å². The van der Waals surface area contributed by atoms with Gasteiger partial charge < -0.3 is 0 Å². The number of hydrogen-bond acceptors (Lipinski definition) is 3. The zero-order valence-corrected chi connectivity index (χ0v) is 21.1. The van der Waals surface area contributed by atoms with Gasteiger partial charge in [0.25, 0.3) is 0 Å². The van der Waals surface area contributed by atoms with E-state index < -0.39 is 0 Å². The Morgan fingerprint density at radius 2 is 1.50 bits per heavy atom. The Morgan fingerprint density at radius 3 is 2.24 bits per heavy atom. The lowest BCUT2D eigenvalue weighted by Gasteiger charge is -2.19. The van der Waals surface area contributed by atoms with Crippen molar-refractivity contribution in [2.24, 2.45) is 0 Å². The third-order valence-corrected chi connectivity index (χ3v) is 7.19. The van der Waals surface area contributed by atoms with Crippen molar-refractivity contribution in [2.45, 2.75) is 37.1 Å². The molecule has 5 heteroatoms. The Balaban J connectivity index is 1.54. The van der Waals surface area contributed by atoms with E-state index >= 15 is 0 Å². The maximum atomic E-state index is 6.18. The van der Waals surface area contributed by atoms with Crippen LogP contribution in [-0.4, -0.2) is 14.8 Å². The summed E-state index contributed by atoms with van der Waals surface area (Å²) in [6, 6.07) is 31.4. The fourth-order valence-corrected chi connectivity index (χ4v) is 5.14. The van der Waals surface area contributed by atoms with Crippen LogP contribution in [0.25, 0.3) is 27.8 Å². The monoisotopic (exact) mass is 483 g/mol. The lowest BCUT2D eigenvalue weighted by atomic mass is 9.87. The summed E-state index contributed by atoms with van der Waals surface area (Å²) in [6.07, 6.45) is 0. The van der Waals surface area contributed by atoms with Crippen molar-refractivity contribution >= 4 is 34.1 Å². The molecule has 0 spiro atoms. The molecule has 5 rings (SSSR count). The molecular formula is C29H26ClN3S. The van der Waals surface area contributed by atoms with E-state index in [4.69, 9.17) is 11.6 Å². The van der Waals surface area contributed by atoms with Crippen molar-refractivity contribution in [2.75, 3.05) is 0 Å². The molecule has 0 amide bonds. The van der Waals surface area contributed by atoms with Gasteiger partial charge >= 0.3 is 0 Å². The van der Waals surface area contributed by atoms with E-state index in [2.05, 4.69) is 102 Å². The topological polar surface area (TPSA) is 30.7 Å². The maximum Gasteiger partial charge on any atom is 0.196 e. The minimum Gasteiger partial charge on any atom is -0.270 e. The molecule has 5 aromatic rings. The Kier molecular flexibility index (Phi) is 6.20. The van der Waals surface area contributed by atoms with E-state index in [-0.39, 0.29) is 5.41 Å². The summed E-state index contributed by atoms with van der Waals surface area (Å²) in [4.78, 5) is 0. The summed E-state index contributed by atoms with van der Waals surface area (Å²) in [5.41, 5.74) is 4.70. The maximum absolute atomic E-state index is 6.18. The Labute approximate surface area is 209 Å². The Hall–Kier alpha value is -3.08. The van der Waals surface area contributed by atoms with Gasteiger partial charge in [0.05, 0.1) is 0 Å². The van der Waals surface area contributed by atoms with Gasteiger partial charge in [-0.1, -0.05) is 111 Å². The van der Waals surface area contributed by atoms with E-state index in [1.165, 1.54) is 21.9 Å². The smallest absolute Gasteiger partial charge is 0.196 e. The Bertz CT molecular complexity index is 1430. The minimum atomic E-state index is 0.0991. The second kappa shape index (κ2) is 9.28. The molecule has 0 saturated heterocycles. The number of aromatic nitrogens is 3. The molecule has 0 bridgehead atoms. The molecule has 0 aliphatic carbocycles. The minimum absolute atomic E-state index is 0.0991. The lowest BCUT2D eigenvalue weighted by molar-refractivity contribution is 0.590. The third kappa shape index (κ3) is 4.61. The van der Waals surface area contributed by atoms with Crippen molar-refractivity contribution in [3.05, 3.63) is 107 Å². The summed E-state index contributed by atoms with van der Waals surface area (Å²) in [5, 5.41) is 13.3. The molecule has 0 fully saturated rings. The molecule has 1 heterocycles. The van der Waals surface area contributed by atoms with Gasteiger partial charge in [-0.05, 0) is 51.6 Å². The molecule has 0 saturated carbocycles. The molecule has 0 radical (unpaired) electrons. The number of fused-ring (bicyclic) bond motifs is 1. The van der Waals surface area contributed by atoms with Crippen LogP contribution in [0, 0.1) is 0 Å². The highest BCUT2D eigenvalue weighted by Gasteiger charge is 2.18. The van der Waals surface area contributed by atoms with Gasteiger partial charge in [-0.25, -0.2) is 0 Å². The summed E-state index contributed by atoms with van der Waals surface area (Å²) < 4.78 is 2.12. The van der Waals surface area contributed by atoms with Gasteiger partial charge in [0.15, 0.2) is 11.0 Å². The normalized spacial score (nSPS) is 11.8. The van der Waals surface area contributed by atoms with Crippen molar-refractivity contribution < 1.29 is 0 Å². The van der Waals surface area contributed by atoms with Gasteiger partial charge in [0.2, 0.25) is 0 Å². The van der Waals surface area contributed by atoms with Gasteiger partial charge in [0, 0.05) is 22.0 Å². The number of thioether (sulfide) groups is 1. The largest absolute Gasteiger partial charge is 0.270 e. The van der Waals surface area contributed by atoms with Gasteiger partial charge in [-0.15, -0.1) is 10.2 Å². The summed E-state index contributed by atoms with van der Waals surface area (Å²) in [5.74, 6) is 1.62. The number of rotatable bonds is 5. The number of benzene rings is 4. The molecule has 0 atom stereocenters. The van der Waals surface area contributed by atoms with Crippen molar-refractivity contribution in [1.29, 1.82) is 0 Å². The SMILES string of the molecule is CC(C)(C)c1ccc(-c2nnc(SCc3cccc4ccccc34)n2-c2ccc(Cl)cc2)cc1. The lowest BCUT2D eigenvalue weighted by Crippen LogP contribution is -2.10. The van der Waals surface area contributed by atoms with Gasteiger partial charge in [-0.3, -0.25) is 4.57 Å². The standard InChI is InChI=1S/C29H26ClN3S/c1-29(2,3)23-13-11-21(12-14-23)27-31-32-28(33(27)25-17-15-24(30)16-18-25)34-19-22-9-6-8-20-7-4-5-10-26(20)22/h4-18H,19H2,1-3H3. The van der Waals surface area contributed by atoms with Crippen LogP contribution in [0.3, 0.4) is 0 Å². The highest BCUT2D eigenvalue weighted by molar-refractivity contribution is 7.98. The van der Waals surface area contributed by atoms with Crippen molar-refractivity contribution in [1.82, 2.24) is 14.8 Å². The molecule has 0 aliphatic heterocycles. The molecule has 170 valence electrons. The third-order valence-electron chi connectivity index (χ3n) is 5.96. The van der Waals surface area contributed by atoms with Crippen molar-refractivity contribution in [3.8, 4) is 17.1 Å². The first-order valence-corrected chi connectivity index (χ1v) is 12.7. The average Bonchev–Trinajstić information content (AvgIpc) is 3.26. The van der Waals surface area contributed by atoms with E-state index in [9.17, 15) is 0 Å². The summed E-state index contributed by atoms with van der Waals surface area (Å²) in [6.45, 7) is 6.67. The van der Waals surface area contributed by atoms with Crippen LogP contribution < -0.4 is 0 Å². The quantitative estimate of drug-likeness (QED) is 0.235. The number of hydrogen-bond donors (Lipinski definition) is 0. The van der Waals surface area contributed by atoms with E-state index in [1.54, 1.807) is 11.8 Å². The molecule has 3 nitrogen and oxygen atoms in total. The molecule has 0 N–H and O–H groups in total. The molecule has 0 unspecified atom stereocenters. The fraction of sp³-hybridized carbons (Fsp3) is 0.172. The molecule has 0 aliphatic rings. The second-order valence-electron chi connectivity index (χ2n) is 9.37. The van der Waals surface area contributed by atoms with E-state index in [1.807, 2.05) is 24.3 Å². The van der Waals surface area contributed by atoms with Crippen LogP contribution in [0.4, 0.5) is 0 Å². The fourth-order valence-electron chi connectivity index (χ4n) is 4.05. The molecule has 1 aromatic heterocycles. The van der Waals surface area contributed by atoms with Crippen LogP contribution in [0.1, 0.15) is 31.9 Å². The van der Waals surface area contributed by atoms with E-state index in [0.717, 1.165) is 28.0 Å². The highest BCUT2D eigenvalue weighted by atomic mass is 35.5.